The van der Waals surface area contributed by atoms with E-state index in [9.17, 15) is 9.59 Å². The third-order valence-corrected chi connectivity index (χ3v) is 1.83. The number of carbonyl (C=O) groups is 2. The van der Waals surface area contributed by atoms with Crippen molar-refractivity contribution < 1.29 is 19.4 Å². The molecule has 0 spiro atoms. The van der Waals surface area contributed by atoms with Gasteiger partial charge in [-0.2, -0.15) is 0 Å². The molecule has 0 saturated carbocycles. The number of ether oxygens (including phenoxy) is 1. The van der Waals surface area contributed by atoms with Crippen LogP contribution in [-0.4, -0.2) is 29.3 Å². The quantitative estimate of drug-likeness (QED) is 0.720. The highest BCUT2D eigenvalue weighted by molar-refractivity contribution is 5.73. The summed E-state index contributed by atoms with van der Waals surface area (Å²) in [6, 6.07) is -0.446. The minimum atomic E-state index is -0.942. The van der Waals surface area contributed by atoms with E-state index in [4.69, 9.17) is 9.84 Å². The summed E-state index contributed by atoms with van der Waals surface area (Å²) in [6.07, 6.45) is -0.789. The van der Waals surface area contributed by atoms with E-state index in [1.165, 1.54) is 6.92 Å². The third kappa shape index (κ3) is 4.69. The van der Waals surface area contributed by atoms with E-state index in [1.807, 2.05) is 0 Å². The lowest BCUT2D eigenvalue weighted by molar-refractivity contribution is -0.141. The van der Waals surface area contributed by atoms with Gasteiger partial charge in [-0.05, 0) is 27.7 Å². The summed E-state index contributed by atoms with van der Waals surface area (Å²) in [5, 5.41) is 11.1. The largest absolute Gasteiger partial charge is 0.481 e. The van der Waals surface area contributed by atoms with Gasteiger partial charge >= 0.3 is 12.1 Å². The first-order valence-electron chi connectivity index (χ1n) is 4.54. The second-order valence-electron chi connectivity index (χ2n) is 3.51. The molecule has 0 aliphatic rings. The van der Waals surface area contributed by atoms with Crippen molar-refractivity contribution in [1.29, 1.82) is 0 Å². The molecule has 0 fully saturated rings. The van der Waals surface area contributed by atoms with Crippen LogP contribution in [0.1, 0.15) is 27.7 Å². The first kappa shape index (κ1) is 12.7. The molecule has 2 N–H and O–H groups in total. The van der Waals surface area contributed by atoms with Crippen molar-refractivity contribution in [2.75, 3.05) is 0 Å². The number of carboxylic acid groups (broad SMARTS) is 1. The van der Waals surface area contributed by atoms with Crippen LogP contribution < -0.4 is 5.32 Å². The minimum Gasteiger partial charge on any atom is -0.481 e. The van der Waals surface area contributed by atoms with Crippen LogP contribution in [0.4, 0.5) is 4.79 Å². The van der Waals surface area contributed by atoms with Gasteiger partial charge in [0.25, 0.3) is 0 Å². The predicted molar refractivity (Wildman–Crippen MR) is 51.0 cm³/mol. The number of hydrogen-bond donors (Lipinski definition) is 2. The second kappa shape index (κ2) is 5.47. The Kier molecular flexibility index (Phi) is 4.97. The van der Waals surface area contributed by atoms with Gasteiger partial charge in [0.05, 0.1) is 12.0 Å². The van der Waals surface area contributed by atoms with Gasteiger partial charge in [0.1, 0.15) is 0 Å². The Morgan fingerprint density at radius 1 is 1.21 bits per heavy atom. The molecule has 14 heavy (non-hydrogen) atoms. The van der Waals surface area contributed by atoms with Crippen LogP contribution in [-0.2, 0) is 9.53 Å². The number of carboxylic acids is 1. The fourth-order valence-electron chi connectivity index (χ4n) is 0.773. The smallest absolute Gasteiger partial charge is 0.407 e. The Morgan fingerprint density at radius 3 is 2.07 bits per heavy atom. The van der Waals surface area contributed by atoms with Gasteiger partial charge in [-0.3, -0.25) is 4.79 Å². The molecule has 5 nitrogen and oxygen atoms in total. The van der Waals surface area contributed by atoms with Crippen molar-refractivity contribution in [2.45, 2.75) is 39.8 Å². The summed E-state index contributed by atoms with van der Waals surface area (Å²) in [4.78, 5) is 21.6. The maximum Gasteiger partial charge on any atom is 0.407 e. The van der Waals surface area contributed by atoms with Crippen molar-refractivity contribution in [2.24, 2.45) is 5.92 Å². The highest BCUT2D eigenvalue weighted by atomic mass is 16.6. The topological polar surface area (TPSA) is 75.6 Å². The monoisotopic (exact) mass is 203 g/mol. The van der Waals surface area contributed by atoms with Crippen LogP contribution in [0.5, 0.6) is 0 Å². The third-order valence-electron chi connectivity index (χ3n) is 1.83. The number of hydrogen-bond acceptors (Lipinski definition) is 3. The summed E-state index contributed by atoms with van der Waals surface area (Å²) >= 11 is 0. The summed E-state index contributed by atoms with van der Waals surface area (Å²) in [5.41, 5.74) is 0. The van der Waals surface area contributed by atoms with Crippen LogP contribution in [0.2, 0.25) is 0 Å². The average molecular weight is 203 g/mol. The molecule has 0 radical (unpaired) electrons. The van der Waals surface area contributed by atoms with Gasteiger partial charge in [0.2, 0.25) is 0 Å². The molecular formula is C9H17NO4. The maximum atomic E-state index is 11.1. The maximum absolute atomic E-state index is 11.1. The van der Waals surface area contributed by atoms with Crippen LogP contribution in [0.3, 0.4) is 0 Å². The van der Waals surface area contributed by atoms with Crippen LogP contribution >= 0.6 is 0 Å². The molecule has 82 valence electrons. The Balaban J connectivity index is 3.99. The Morgan fingerprint density at radius 2 is 1.71 bits per heavy atom. The normalized spacial score (nSPS) is 14.6. The van der Waals surface area contributed by atoms with E-state index in [1.54, 1.807) is 20.8 Å². The average Bonchev–Trinajstić information content (AvgIpc) is 2.00. The van der Waals surface area contributed by atoms with E-state index in [0.29, 0.717) is 0 Å². The Hall–Kier alpha value is -1.26. The van der Waals surface area contributed by atoms with Gasteiger partial charge < -0.3 is 15.2 Å². The summed E-state index contributed by atoms with van der Waals surface area (Å²) in [5.74, 6) is -1.57. The zero-order valence-corrected chi connectivity index (χ0v) is 8.90. The lowest BCUT2D eigenvalue weighted by Gasteiger charge is -2.18. The molecule has 2 atom stereocenters. The van der Waals surface area contributed by atoms with Gasteiger partial charge in [0, 0.05) is 6.04 Å². The van der Waals surface area contributed by atoms with Crippen LogP contribution in [0.25, 0.3) is 0 Å². The molecule has 0 aliphatic heterocycles. The standard InChI is InChI=1S/C9H17NO4/c1-5(2)14-9(13)10-7(4)6(3)8(11)12/h5-7H,1-4H3,(H,10,13)(H,11,12). The minimum absolute atomic E-state index is 0.206. The van der Waals surface area contributed by atoms with Crippen molar-refractivity contribution in [3.63, 3.8) is 0 Å². The summed E-state index contributed by atoms with van der Waals surface area (Å²) in [6.45, 7) is 6.61. The summed E-state index contributed by atoms with van der Waals surface area (Å²) in [7, 11) is 0. The lowest BCUT2D eigenvalue weighted by Crippen LogP contribution is -2.41. The molecule has 0 aromatic rings. The molecular weight excluding hydrogens is 186 g/mol. The first-order valence-corrected chi connectivity index (χ1v) is 4.54. The molecule has 1 amide bonds. The molecule has 0 heterocycles. The molecule has 0 aromatic carbocycles. The fourth-order valence-corrected chi connectivity index (χ4v) is 0.773. The lowest BCUT2D eigenvalue weighted by atomic mass is 10.1. The molecule has 5 heteroatoms. The van der Waals surface area contributed by atoms with Gasteiger partial charge in [-0.1, -0.05) is 0 Å². The molecule has 0 aromatic heterocycles. The van der Waals surface area contributed by atoms with Gasteiger partial charge in [-0.15, -0.1) is 0 Å². The van der Waals surface area contributed by atoms with Crippen molar-refractivity contribution in [3.8, 4) is 0 Å². The fraction of sp³-hybridized carbons (Fsp3) is 0.778. The van der Waals surface area contributed by atoms with E-state index >= 15 is 0 Å². The van der Waals surface area contributed by atoms with Crippen molar-refractivity contribution in [1.82, 2.24) is 5.32 Å². The Bertz CT molecular complexity index is 215. The molecule has 0 rings (SSSR count). The highest BCUT2D eigenvalue weighted by Crippen LogP contribution is 2.02. The molecule has 0 aliphatic carbocycles. The zero-order valence-electron chi connectivity index (χ0n) is 8.90. The SMILES string of the molecule is CC(C)OC(=O)NC(C)C(C)C(=O)O. The van der Waals surface area contributed by atoms with Gasteiger partial charge in [-0.25, -0.2) is 4.79 Å². The van der Waals surface area contributed by atoms with Crippen molar-refractivity contribution in [3.05, 3.63) is 0 Å². The zero-order chi connectivity index (χ0) is 11.3. The second-order valence-corrected chi connectivity index (χ2v) is 3.51. The number of aliphatic carboxylic acids is 1. The van der Waals surface area contributed by atoms with Crippen LogP contribution in [0.15, 0.2) is 0 Å². The van der Waals surface area contributed by atoms with Gasteiger partial charge in [0.15, 0.2) is 0 Å². The number of alkyl carbamates (subject to hydrolysis) is 1. The van der Waals surface area contributed by atoms with E-state index < -0.39 is 24.0 Å². The first-order chi connectivity index (χ1) is 6.34. The highest BCUT2D eigenvalue weighted by Gasteiger charge is 2.21. The number of rotatable bonds is 4. The van der Waals surface area contributed by atoms with E-state index in [2.05, 4.69) is 5.32 Å². The molecule has 0 saturated heterocycles. The predicted octanol–water partition coefficient (Wildman–Crippen LogP) is 1.23. The van der Waals surface area contributed by atoms with E-state index in [-0.39, 0.29) is 6.10 Å². The number of amides is 1. The summed E-state index contributed by atoms with van der Waals surface area (Å²) < 4.78 is 4.81. The molecule has 2 unspecified atom stereocenters. The number of nitrogens with one attached hydrogen (secondary N) is 1. The number of carbonyl (C=O) groups excluding carboxylic acids is 1. The van der Waals surface area contributed by atoms with Crippen molar-refractivity contribution >= 4 is 12.1 Å². The molecule has 0 bridgehead atoms. The van der Waals surface area contributed by atoms with Crippen LogP contribution in [0, 0.1) is 5.92 Å². The Labute approximate surface area is 83.4 Å². The van der Waals surface area contributed by atoms with E-state index in [0.717, 1.165) is 0 Å².